The van der Waals surface area contributed by atoms with E-state index in [2.05, 4.69) is 5.32 Å². The van der Waals surface area contributed by atoms with Crippen LogP contribution >= 0.6 is 11.3 Å². The van der Waals surface area contributed by atoms with Crippen LogP contribution in [-0.2, 0) is 4.74 Å². The summed E-state index contributed by atoms with van der Waals surface area (Å²) in [6, 6.07) is 3.74. The van der Waals surface area contributed by atoms with Crippen molar-refractivity contribution in [2.45, 2.75) is 19.9 Å². The molecule has 1 heterocycles. The van der Waals surface area contributed by atoms with Gasteiger partial charge in [0.15, 0.2) is 0 Å². The molecule has 1 amide bonds. The van der Waals surface area contributed by atoms with Crippen LogP contribution in [-0.4, -0.2) is 25.2 Å². The van der Waals surface area contributed by atoms with Crippen molar-refractivity contribution in [1.82, 2.24) is 5.32 Å². The van der Waals surface area contributed by atoms with Crippen LogP contribution in [0.25, 0.3) is 0 Å². The molecule has 14 heavy (non-hydrogen) atoms. The maximum absolute atomic E-state index is 11.5. The first-order valence-electron chi connectivity index (χ1n) is 4.66. The molecule has 0 saturated carbocycles. The second kappa shape index (κ2) is 5.78. The monoisotopic (exact) mass is 213 g/mol. The molecule has 1 atom stereocenters. The van der Waals surface area contributed by atoms with E-state index >= 15 is 0 Å². The molecule has 0 fully saturated rings. The summed E-state index contributed by atoms with van der Waals surface area (Å²) in [4.78, 5) is 12.3. The molecule has 0 spiro atoms. The molecule has 0 aliphatic carbocycles. The SMILES string of the molecule is CCOCC(C)NC(=O)c1cccs1. The van der Waals surface area contributed by atoms with E-state index in [1.807, 2.05) is 31.4 Å². The topological polar surface area (TPSA) is 38.3 Å². The Morgan fingerprint density at radius 1 is 1.71 bits per heavy atom. The quantitative estimate of drug-likeness (QED) is 0.811. The number of rotatable bonds is 5. The van der Waals surface area contributed by atoms with E-state index in [0.717, 1.165) is 4.88 Å². The van der Waals surface area contributed by atoms with Crippen molar-refractivity contribution < 1.29 is 9.53 Å². The summed E-state index contributed by atoms with van der Waals surface area (Å²) >= 11 is 1.44. The van der Waals surface area contributed by atoms with Gasteiger partial charge in [-0.05, 0) is 25.3 Å². The van der Waals surface area contributed by atoms with Crippen molar-refractivity contribution in [1.29, 1.82) is 0 Å². The normalized spacial score (nSPS) is 12.4. The fraction of sp³-hybridized carbons (Fsp3) is 0.500. The number of hydrogen-bond acceptors (Lipinski definition) is 3. The van der Waals surface area contributed by atoms with Crippen molar-refractivity contribution in [3.05, 3.63) is 22.4 Å². The third-order valence-electron chi connectivity index (χ3n) is 1.69. The predicted octanol–water partition coefficient (Wildman–Crippen LogP) is 1.90. The molecule has 78 valence electrons. The van der Waals surface area contributed by atoms with Gasteiger partial charge in [0.25, 0.3) is 5.91 Å². The van der Waals surface area contributed by atoms with Crippen LogP contribution < -0.4 is 5.32 Å². The highest BCUT2D eigenvalue weighted by Crippen LogP contribution is 2.07. The third kappa shape index (κ3) is 3.47. The minimum atomic E-state index is -0.0211. The Kier molecular flexibility index (Phi) is 4.62. The van der Waals surface area contributed by atoms with Gasteiger partial charge in [0.2, 0.25) is 0 Å². The highest BCUT2D eigenvalue weighted by atomic mass is 32.1. The van der Waals surface area contributed by atoms with E-state index in [4.69, 9.17) is 4.74 Å². The second-order valence-corrected chi connectivity index (χ2v) is 3.96. The zero-order chi connectivity index (χ0) is 10.4. The summed E-state index contributed by atoms with van der Waals surface area (Å²) in [7, 11) is 0. The number of nitrogens with one attached hydrogen (secondary N) is 1. The minimum absolute atomic E-state index is 0.0211. The van der Waals surface area contributed by atoms with Crippen molar-refractivity contribution in [2.75, 3.05) is 13.2 Å². The summed E-state index contributed by atoms with van der Waals surface area (Å²) in [5.74, 6) is -0.0211. The first kappa shape index (κ1) is 11.2. The summed E-state index contributed by atoms with van der Waals surface area (Å²) < 4.78 is 5.20. The fourth-order valence-corrected chi connectivity index (χ4v) is 1.67. The van der Waals surface area contributed by atoms with E-state index in [0.29, 0.717) is 13.2 Å². The minimum Gasteiger partial charge on any atom is -0.380 e. The highest BCUT2D eigenvalue weighted by molar-refractivity contribution is 7.12. The van der Waals surface area contributed by atoms with Crippen molar-refractivity contribution >= 4 is 17.2 Å². The van der Waals surface area contributed by atoms with E-state index in [-0.39, 0.29) is 11.9 Å². The van der Waals surface area contributed by atoms with Crippen LogP contribution in [0.3, 0.4) is 0 Å². The van der Waals surface area contributed by atoms with Gasteiger partial charge in [-0.2, -0.15) is 0 Å². The Morgan fingerprint density at radius 3 is 3.07 bits per heavy atom. The Hall–Kier alpha value is -0.870. The van der Waals surface area contributed by atoms with Crippen molar-refractivity contribution in [3.8, 4) is 0 Å². The van der Waals surface area contributed by atoms with Crippen LogP contribution in [0.1, 0.15) is 23.5 Å². The highest BCUT2D eigenvalue weighted by Gasteiger charge is 2.09. The molecular weight excluding hydrogens is 198 g/mol. The second-order valence-electron chi connectivity index (χ2n) is 3.01. The lowest BCUT2D eigenvalue weighted by atomic mass is 10.3. The molecule has 0 radical (unpaired) electrons. The van der Waals surface area contributed by atoms with Crippen molar-refractivity contribution in [3.63, 3.8) is 0 Å². The number of thiophene rings is 1. The number of amides is 1. The van der Waals surface area contributed by atoms with E-state index in [9.17, 15) is 4.79 Å². The molecule has 0 aliphatic rings. The van der Waals surface area contributed by atoms with Gasteiger partial charge >= 0.3 is 0 Å². The molecule has 1 aromatic heterocycles. The molecule has 4 heteroatoms. The molecule has 1 rings (SSSR count). The van der Waals surface area contributed by atoms with Gasteiger partial charge < -0.3 is 10.1 Å². The Balaban J connectivity index is 2.34. The number of carbonyl (C=O) groups excluding carboxylic acids is 1. The molecule has 1 aromatic rings. The lowest BCUT2D eigenvalue weighted by molar-refractivity contribution is 0.0876. The summed E-state index contributed by atoms with van der Waals surface area (Å²) in [5, 5.41) is 4.75. The lowest BCUT2D eigenvalue weighted by Gasteiger charge is -2.12. The largest absolute Gasteiger partial charge is 0.380 e. The Labute approximate surface area is 88.1 Å². The number of hydrogen-bond donors (Lipinski definition) is 1. The fourth-order valence-electron chi connectivity index (χ4n) is 1.04. The van der Waals surface area contributed by atoms with Gasteiger partial charge in [0.05, 0.1) is 11.5 Å². The molecule has 0 aromatic carbocycles. The smallest absolute Gasteiger partial charge is 0.261 e. The van der Waals surface area contributed by atoms with Gasteiger partial charge in [0, 0.05) is 12.6 Å². The zero-order valence-corrected chi connectivity index (χ0v) is 9.26. The summed E-state index contributed by atoms with van der Waals surface area (Å²) in [5.41, 5.74) is 0. The van der Waals surface area contributed by atoms with Crippen LogP contribution in [0.5, 0.6) is 0 Å². The molecule has 0 aliphatic heterocycles. The first-order valence-corrected chi connectivity index (χ1v) is 5.54. The molecule has 0 bridgehead atoms. The van der Waals surface area contributed by atoms with Gasteiger partial charge in [-0.15, -0.1) is 11.3 Å². The van der Waals surface area contributed by atoms with Gasteiger partial charge in [-0.3, -0.25) is 4.79 Å². The lowest BCUT2D eigenvalue weighted by Crippen LogP contribution is -2.35. The maximum Gasteiger partial charge on any atom is 0.261 e. The average molecular weight is 213 g/mol. The maximum atomic E-state index is 11.5. The zero-order valence-electron chi connectivity index (χ0n) is 8.45. The third-order valence-corrected chi connectivity index (χ3v) is 2.56. The Bertz CT molecular complexity index is 272. The number of carbonyl (C=O) groups is 1. The van der Waals surface area contributed by atoms with E-state index < -0.39 is 0 Å². The van der Waals surface area contributed by atoms with Crippen LogP contribution in [0.15, 0.2) is 17.5 Å². The van der Waals surface area contributed by atoms with Crippen LogP contribution in [0, 0.1) is 0 Å². The summed E-state index contributed by atoms with van der Waals surface area (Å²) in [6.45, 7) is 5.11. The van der Waals surface area contributed by atoms with Crippen LogP contribution in [0.2, 0.25) is 0 Å². The standard InChI is InChI=1S/C10H15NO2S/c1-3-13-7-8(2)11-10(12)9-5-4-6-14-9/h4-6,8H,3,7H2,1-2H3,(H,11,12). The van der Waals surface area contributed by atoms with Gasteiger partial charge in [0.1, 0.15) is 0 Å². The molecule has 3 nitrogen and oxygen atoms in total. The van der Waals surface area contributed by atoms with Crippen LogP contribution in [0.4, 0.5) is 0 Å². The predicted molar refractivity (Wildman–Crippen MR) is 57.7 cm³/mol. The molecule has 1 unspecified atom stereocenters. The average Bonchev–Trinajstić information content (AvgIpc) is 2.67. The van der Waals surface area contributed by atoms with Gasteiger partial charge in [-0.1, -0.05) is 6.07 Å². The van der Waals surface area contributed by atoms with Crippen molar-refractivity contribution in [2.24, 2.45) is 0 Å². The molecule has 0 saturated heterocycles. The van der Waals surface area contributed by atoms with E-state index in [1.54, 1.807) is 0 Å². The Morgan fingerprint density at radius 2 is 2.50 bits per heavy atom. The molecular formula is C10H15NO2S. The summed E-state index contributed by atoms with van der Waals surface area (Å²) in [6.07, 6.45) is 0. The molecule has 1 N–H and O–H groups in total. The number of ether oxygens (including phenoxy) is 1. The van der Waals surface area contributed by atoms with E-state index in [1.165, 1.54) is 11.3 Å². The van der Waals surface area contributed by atoms with Gasteiger partial charge in [-0.25, -0.2) is 0 Å². The first-order chi connectivity index (χ1) is 6.74.